The minimum atomic E-state index is 0.450. The first-order valence-electron chi connectivity index (χ1n) is 7.46. The van der Waals surface area contributed by atoms with Gasteiger partial charge in [-0.2, -0.15) is 0 Å². The van der Waals surface area contributed by atoms with E-state index in [0.717, 1.165) is 19.7 Å². The predicted molar refractivity (Wildman–Crippen MR) is 74.4 cm³/mol. The fourth-order valence-corrected chi connectivity index (χ4v) is 2.50. The molecule has 1 fully saturated rings. The molecule has 1 unspecified atom stereocenters. The van der Waals surface area contributed by atoms with Gasteiger partial charge in [0.2, 0.25) is 0 Å². The first-order valence-corrected chi connectivity index (χ1v) is 7.46. The third kappa shape index (κ3) is 7.05. The van der Waals surface area contributed by atoms with Crippen molar-refractivity contribution in [2.75, 3.05) is 19.7 Å². The molecule has 0 spiro atoms. The highest BCUT2D eigenvalue weighted by atomic mass is 16.5. The zero-order valence-corrected chi connectivity index (χ0v) is 12.1. The summed E-state index contributed by atoms with van der Waals surface area (Å²) in [6.45, 7) is 10.3. The molecule has 1 saturated heterocycles. The molecular formula is C15H31NO. The zero-order chi connectivity index (χ0) is 12.6. The summed E-state index contributed by atoms with van der Waals surface area (Å²) in [7, 11) is 0. The van der Waals surface area contributed by atoms with Gasteiger partial charge in [-0.15, -0.1) is 0 Å². The van der Waals surface area contributed by atoms with Crippen LogP contribution in [0.4, 0.5) is 0 Å². The van der Waals surface area contributed by atoms with Crippen LogP contribution in [0.15, 0.2) is 0 Å². The second-order valence-corrected chi connectivity index (χ2v) is 6.22. The third-order valence-electron chi connectivity index (χ3n) is 3.73. The summed E-state index contributed by atoms with van der Waals surface area (Å²) < 4.78 is 5.62. The maximum absolute atomic E-state index is 5.62. The lowest BCUT2D eigenvalue weighted by atomic mass is 9.87. The Bertz CT molecular complexity index is 185. The van der Waals surface area contributed by atoms with Gasteiger partial charge in [0, 0.05) is 13.2 Å². The Labute approximate surface area is 108 Å². The predicted octanol–water partition coefficient (Wildman–Crippen LogP) is 3.75. The number of hydrogen-bond donors (Lipinski definition) is 1. The first kappa shape index (κ1) is 15.0. The van der Waals surface area contributed by atoms with E-state index < -0.39 is 0 Å². The molecule has 0 aromatic heterocycles. The van der Waals surface area contributed by atoms with Gasteiger partial charge in [0.25, 0.3) is 0 Å². The minimum Gasteiger partial charge on any atom is -0.378 e. The maximum atomic E-state index is 5.62. The van der Waals surface area contributed by atoms with E-state index >= 15 is 0 Å². The van der Waals surface area contributed by atoms with Crippen LogP contribution in [-0.2, 0) is 4.74 Å². The number of ether oxygens (including phenoxy) is 1. The topological polar surface area (TPSA) is 21.3 Å². The Morgan fingerprint density at radius 3 is 2.76 bits per heavy atom. The lowest BCUT2D eigenvalue weighted by molar-refractivity contribution is 0.103. The van der Waals surface area contributed by atoms with Crippen molar-refractivity contribution < 1.29 is 4.74 Å². The minimum absolute atomic E-state index is 0.450. The molecule has 1 aliphatic rings. The van der Waals surface area contributed by atoms with Gasteiger partial charge in [-0.25, -0.2) is 0 Å². The Morgan fingerprint density at radius 2 is 2.12 bits per heavy atom. The Morgan fingerprint density at radius 1 is 1.29 bits per heavy atom. The monoisotopic (exact) mass is 241 g/mol. The molecule has 1 rings (SSSR count). The molecule has 102 valence electrons. The van der Waals surface area contributed by atoms with E-state index in [2.05, 4.69) is 26.1 Å². The Kier molecular flexibility index (Phi) is 7.14. The Hall–Kier alpha value is -0.0800. The van der Waals surface area contributed by atoms with Crippen molar-refractivity contribution in [1.29, 1.82) is 0 Å². The molecule has 0 aliphatic carbocycles. The molecule has 0 saturated carbocycles. The summed E-state index contributed by atoms with van der Waals surface area (Å²) in [6.07, 6.45) is 9.65. The summed E-state index contributed by atoms with van der Waals surface area (Å²) in [6, 6.07) is 0. The largest absolute Gasteiger partial charge is 0.378 e. The van der Waals surface area contributed by atoms with E-state index in [0.29, 0.717) is 11.5 Å². The standard InChI is InChI=1S/C15H31NO/c1-4-5-6-10-15(2,3)13-16-11-9-14-8-7-12-17-14/h14,16H,4-13H2,1-3H3. The molecule has 2 heteroatoms. The van der Waals surface area contributed by atoms with Crippen LogP contribution in [-0.4, -0.2) is 25.8 Å². The molecule has 0 aromatic rings. The number of rotatable bonds is 9. The number of nitrogens with one attached hydrogen (secondary N) is 1. The van der Waals surface area contributed by atoms with Crippen LogP contribution < -0.4 is 5.32 Å². The molecule has 1 atom stereocenters. The quantitative estimate of drug-likeness (QED) is 0.621. The van der Waals surface area contributed by atoms with E-state index in [4.69, 9.17) is 4.74 Å². The second kappa shape index (κ2) is 8.10. The Balaban J connectivity index is 1.99. The van der Waals surface area contributed by atoms with Gasteiger partial charge in [0.15, 0.2) is 0 Å². The van der Waals surface area contributed by atoms with Crippen molar-refractivity contribution in [3.05, 3.63) is 0 Å². The van der Waals surface area contributed by atoms with Gasteiger partial charge in [0.1, 0.15) is 0 Å². The molecule has 0 radical (unpaired) electrons. The lowest BCUT2D eigenvalue weighted by Crippen LogP contribution is -2.31. The van der Waals surface area contributed by atoms with Crippen molar-refractivity contribution in [2.24, 2.45) is 5.41 Å². The van der Waals surface area contributed by atoms with Crippen LogP contribution in [0.1, 0.15) is 65.7 Å². The van der Waals surface area contributed by atoms with Gasteiger partial charge in [-0.3, -0.25) is 0 Å². The summed E-state index contributed by atoms with van der Waals surface area (Å²) in [5.41, 5.74) is 0.450. The van der Waals surface area contributed by atoms with E-state index in [1.807, 2.05) is 0 Å². The molecule has 0 aromatic carbocycles. The van der Waals surface area contributed by atoms with E-state index in [1.165, 1.54) is 44.9 Å². The van der Waals surface area contributed by atoms with Crippen molar-refractivity contribution >= 4 is 0 Å². The molecule has 0 amide bonds. The molecule has 1 heterocycles. The smallest absolute Gasteiger partial charge is 0.0588 e. The van der Waals surface area contributed by atoms with Gasteiger partial charge in [-0.05, 0) is 37.6 Å². The molecule has 0 bridgehead atoms. The van der Waals surface area contributed by atoms with E-state index in [9.17, 15) is 0 Å². The summed E-state index contributed by atoms with van der Waals surface area (Å²) in [5.74, 6) is 0. The number of unbranched alkanes of at least 4 members (excludes halogenated alkanes) is 2. The van der Waals surface area contributed by atoms with Crippen LogP contribution in [0.3, 0.4) is 0 Å². The van der Waals surface area contributed by atoms with Crippen molar-refractivity contribution in [3.63, 3.8) is 0 Å². The highest BCUT2D eigenvalue weighted by molar-refractivity contribution is 4.73. The van der Waals surface area contributed by atoms with Crippen molar-refractivity contribution in [2.45, 2.75) is 71.8 Å². The van der Waals surface area contributed by atoms with Crippen LogP contribution in [0.5, 0.6) is 0 Å². The van der Waals surface area contributed by atoms with Crippen LogP contribution in [0.2, 0.25) is 0 Å². The van der Waals surface area contributed by atoms with E-state index in [1.54, 1.807) is 0 Å². The van der Waals surface area contributed by atoms with Gasteiger partial charge >= 0.3 is 0 Å². The summed E-state index contributed by atoms with van der Waals surface area (Å²) in [4.78, 5) is 0. The fraction of sp³-hybridized carbons (Fsp3) is 1.00. The summed E-state index contributed by atoms with van der Waals surface area (Å²) in [5, 5.41) is 3.60. The van der Waals surface area contributed by atoms with Gasteiger partial charge in [0.05, 0.1) is 6.10 Å². The van der Waals surface area contributed by atoms with E-state index in [-0.39, 0.29) is 0 Å². The third-order valence-corrected chi connectivity index (χ3v) is 3.73. The normalized spacial score (nSPS) is 21.0. The second-order valence-electron chi connectivity index (χ2n) is 6.22. The SMILES string of the molecule is CCCCCC(C)(C)CNCCC1CCCO1. The molecule has 17 heavy (non-hydrogen) atoms. The molecule has 1 aliphatic heterocycles. The summed E-state index contributed by atoms with van der Waals surface area (Å²) >= 11 is 0. The zero-order valence-electron chi connectivity index (χ0n) is 12.1. The lowest BCUT2D eigenvalue weighted by Gasteiger charge is -2.25. The number of hydrogen-bond acceptors (Lipinski definition) is 2. The van der Waals surface area contributed by atoms with Crippen molar-refractivity contribution in [3.8, 4) is 0 Å². The van der Waals surface area contributed by atoms with Gasteiger partial charge in [-0.1, -0.05) is 40.0 Å². The first-order chi connectivity index (χ1) is 8.14. The van der Waals surface area contributed by atoms with Crippen LogP contribution >= 0.6 is 0 Å². The molecule has 2 nitrogen and oxygen atoms in total. The van der Waals surface area contributed by atoms with Crippen LogP contribution in [0.25, 0.3) is 0 Å². The fourth-order valence-electron chi connectivity index (χ4n) is 2.50. The van der Waals surface area contributed by atoms with Crippen LogP contribution in [0, 0.1) is 5.41 Å². The maximum Gasteiger partial charge on any atom is 0.0588 e. The average molecular weight is 241 g/mol. The van der Waals surface area contributed by atoms with Gasteiger partial charge < -0.3 is 10.1 Å². The highest BCUT2D eigenvalue weighted by Crippen LogP contribution is 2.22. The van der Waals surface area contributed by atoms with Crippen molar-refractivity contribution in [1.82, 2.24) is 5.32 Å². The molecular weight excluding hydrogens is 210 g/mol. The average Bonchev–Trinajstić information content (AvgIpc) is 2.77. The highest BCUT2D eigenvalue weighted by Gasteiger charge is 2.18. The molecule has 1 N–H and O–H groups in total.